The summed E-state index contributed by atoms with van der Waals surface area (Å²) in [6.07, 6.45) is -2.69. The average molecular weight is 223 g/mol. The maximum Gasteiger partial charge on any atom is 0.422 e. The topological polar surface area (TPSA) is 67.0 Å². The van der Waals surface area contributed by atoms with Crippen molar-refractivity contribution in [3.05, 3.63) is 18.0 Å². The van der Waals surface area contributed by atoms with E-state index in [9.17, 15) is 18.0 Å². The number of hydrogen-bond donors (Lipinski definition) is 2. The molecule has 2 N–H and O–H groups in total. The van der Waals surface area contributed by atoms with Crippen LogP contribution in [0.1, 0.15) is 5.56 Å². The zero-order valence-electron chi connectivity index (χ0n) is 7.47. The van der Waals surface area contributed by atoms with Gasteiger partial charge in [-0.1, -0.05) is 0 Å². The van der Waals surface area contributed by atoms with Crippen molar-refractivity contribution in [3.63, 3.8) is 0 Å². The molecule has 1 aromatic rings. The van der Waals surface area contributed by atoms with Crippen molar-refractivity contribution in [2.75, 3.05) is 6.61 Å². The van der Waals surface area contributed by atoms with E-state index in [1.807, 2.05) is 0 Å². The highest BCUT2D eigenvalue weighted by Gasteiger charge is 2.29. The van der Waals surface area contributed by atoms with E-state index in [-0.39, 0.29) is 6.54 Å². The molecule has 84 valence electrons. The summed E-state index contributed by atoms with van der Waals surface area (Å²) in [5.74, 6) is 0. The van der Waals surface area contributed by atoms with Crippen molar-refractivity contribution in [1.82, 2.24) is 15.5 Å². The third-order valence-electron chi connectivity index (χ3n) is 1.36. The quantitative estimate of drug-likeness (QED) is 0.808. The second-order valence-electron chi connectivity index (χ2n) is 2.65. The second kappa shape index (κ2) is 4.67. The number of halogens is 3. The molecule has 8 heteroatoms. The first-order valence-corrected chi connectivity index (χ1v) is 3.92. The lowest BCUT2D eigenvalue weighted by molar-refractivity contribution is -0.160. The van der Waals surface area contributed by atoms with Crippen LogP contribution in [-0.2, 0) is 11.3 Å². The number of aromatic nitrogens is 2. The predicted molar refractivity (Wildman–Crippen MR) is 42.8 cm³/mol. The molecule has 0 unspecified atom stereocenters. The molecule has 0 spiro atoms. The van der Waals surface area contributed by atoms with Crippen LogP contribution < -0.4 is 5.32 Å². The molecule has 0 aliphatic rings. The van der Waals surface area contributed by atoms with Gasteiger partial charge < -0.3 is 10.1 Å². The molecule has 5 nitrogen and oxygen atoms in total. The standard InChI is InChI=1S/C7H8F3N3O2/c8-7(9,10)4-15-6(14)11-1-5-2-12-13-3-5/h2-3H,1,4H2,(H,11,14)(H,12,13). The molecule has 1 heterocycles. The first-order valence-electron chi connectivity index (χ1n) is 3.92. The summed E-state index contributed by atoms with van der Waals surface area (Å²) in [7, 11) is 0. The fraction of sp³-hybridized carbons (Fsp3) is 0.429. The number of carbonyl (C=O) groups excluding carboxylic acids is 1. The molecule has 0 aliphatic heterocycles. The summed E-state index contributed by atoms with van der Waals surface area (Å²) in [5, 5.41) is 8.21. The minimum atomic E-state index is -4.51. The largest absolute Gasteiger partial charge is 0.440 e. The van der Waals surface area contributed by atoms with E-state index in [1.54, 1.807) is 0 Å². The molecule has 0 bridgehead atoms. The van der Waals surface area contributed by atoms with Gasteiger partial charge in [-0.25, -0.2) is 4.79 Å². The second-order valence-corrected chi connectivity index (χ2v) is 2.65. The molecule has 1 rings (SSSR count). The molecule has 0 atom stereocenters. The third kappa shape index (κ3) is 4.89. The molecule has 0 saturated heterocycles. The maximum atomic E-state index is 11.6. The highest BCUT2D eigenvalue weighted by Crippen LogP contribution is 2.14. The van der Waals surface area contributed by atoms with Crippen LogP contribution in [0, 0.1) is 0 Å². The van der Waals surface area contributed by atoms with Crippen molar-refractivity contribution in [2.45, 2.75) is 12.7 Å². The molecule has 1 amide bonds. The molecule has 0 saturated carbocycles. The summed E-state index contributed by atoms with van der Waals surface area (Å²) in [6, 6.07) is 0. The van der Waals surface area contributed by atoms with Crippen LogP contribution in [0.15, 0.2) is 12.4 Å². The van der Waals surface area contributed by atoms with E-state index in [0.29, 0.717) is 5.56 Å². The van der Waals surface area contributed by atoms with E-state index >= 15 is 0 Å². The van der Waals surface area contributed by atoms with Gasteiger partial charge in [0.25, 0.3) is 0 Å². The van der Waals surface area contributed by atoms with Gasteiger partial charge in [0.15, 0.2) is 6.61 Å². The minimum Gasteiger partial charge on any atom is -0.440 e. The molecular weight excluding hydrogens is 215 g/mol. The summed E-state index contributed by atoms with van der Waals surface area (Å²) >= 11 is 0. The Morgan fingerprint density at radius 1 is 1.60 bits per heavy atom. The van der Waals surface area contributed by atoms with Gasteiger partial charge in [0.05, 0.1) is 6.20 Å². The van der Waals surface area contributed by atoms with Crippen LogP contribution in [0.25, 0.3) is 0 Å². The van der Waals surface area contributed by atoms with Gasteiger partial charge in [0.1, 0.15) is 0 Å². The number of hydrogen-bond acceptors (Lipinski definition) is 3. The van der Waals surface area contributed by atoms with E-state index < -0.39 is 18.9 Å². The van der Waals surface area contributed by atoms with E-state index in [0.717, 1.165) is 0 Å². The number of alkyl halides is 3. The summed E-state index contributed by atoms with van der Waals surface area (Å²) in [5.41, 5.74) is 0.638. The lowest BCUT2D eigenvalue weighted by atomic mass is 10.4. The number of rotatable bonds is 3. The van der Waals surface area contributed by atoms with Crippen LogP contribution >= 0.6 is 0 Å². The lowest BCUT2D eigenvalue weighted by Crippen LogP contribution is -2.28. The number of nitrogens with one attached hydrogen (secondary N) is 2. The monoisotopic (exact) mass is 223 g/mol. The Morgan fingerprint density at radius 2 is 2.33 bits per heavy atom. The third-order valence-corrected chi connectivity index (χ3v) is 1.36. The number of nitrogens with zero attached hydrogens (tertiary/aromatic N) is 1. The molecule has 1 aromatic heterocycles. The van der Waals surface area contributed by atoms with Crippen molar-refractivity contribution in [3.8, 4) is 0 Å². The Kier molecular flexibility index (Phi) is 3.53. The molecular formula is C7H8F3N3O2. The smallest absolute Gasteiger partial charge is 0.422 e. The molecule has 0 aromatic carbocycles. The van der Waals surface area contributed by atoms with E-state index in [4.69, 9.17) is 0 Å². The van der Waals surface area contributed by atoms with Crippen molar-refractivity contribution < 1.29 is 22.7 Å². The van der Waals surface area contributed by atoms with Crippen molar-refractivity contribution in [2.24, 2.45) is 0 Å². The number of amides is 1. The fourth-order valence-electron chi connectivity index (χ4n) is 0.747. The van der Waals surface area contributed by atoms with Crippen LogP contribution in [0.5, 0.6) is 0 Å². The van der Waals surface area contributed by atoms with Crippen LogP contribution in [-0.4, -0.2) is 29.1 Å². The zero-order chi connectivity index (χ0) is 11.3. The molecule has 0 radical (unpaired) electrons. The summed E-state index contributed by atoms with van der Waals surface area (Å²) in [4.78, 5) is 10.7. The highest BCUT2D eigenvalue weighted by atomic mass is 19.4. The van der Waals surface area contributed by atoms with Gasteiger partial charge in [-0.3, -0.25) is 5.10 Å². The van der Waals surface area contributed by atoms with Crippen LogP contribution in [0.3, 0.4) is 0 Å². The maximum absolute atomic E-state index is 11.6. The fourth-order valence-corrected chi connectivity index (χ4v) is 0.747. The first kappa shape index (κ1) is 11.3. The van der Waals surface area contributed by atoms with Gasteiger partial charge in [0.2, 0.25) is 0 Å². The van der Waals surface area contributed by atoms with Crippen molar-refractivity contribution >= 4 is 6.09 Å². The van der Waals surface area contributed by atoms with Gasteiger partial charge >= 0.3 is 12.3 Å². The van der Waals surface area contributed by atoms with Gasteiger partial charge in [-0.2, -0.15) is 18.3 Å². The van der Waals surface area contributed by atoms with E-state index in [2.05, 4.69) is 20.3 Å². The Bertz CT molecular complexity index is 310. The molecule has 0 aliphatic carbocycles. The molecule has 15 heavy (non-hydrogen) atoms. The Balaban J connectivity index is 2.20. The molecule has 0 fully saturated rings. The van der Waals surface area contributed by atoms with Crippen LogP contribution in [0.4, 0.5) is 18.0 Å². The van der Waals surface area contributed by atoms with Crippen LogP contribution in [0.2, 0.25) is 0 Å². The minimum absolute atomic E-state index is 0.0627. The Labute approximate surface area is 82.6 Å². The number of ether oxygens (including phenoxy) is 1. The first-order chi connectivity index (χ1) is 6.97. The number of aromatic amines is 1. The lowest BCUT2D eigenvalue weighted by Gasteiger charge is -2.08. The van der Waals surface area contributed by atoms with Gasteiger partial charge in [-0.05, 0) is 0 Å². The summed E-state index contributed by atoms with van der Waals surface area (Å²) in [6.45, 7) is -1.53. The summed E-state index contributed by atoms with van der Waals surface area (Å²) < 4.78 is 38.7. The Hall–Kier alpha value is -1.73. The number of alkyl carbamates (subject to hydrolysis) is 1. The SMILES string of the molecule is O=C(NCc1cn[nH]c1)OCC(F)(F)F. The van der Waals surface area contributed by atoms with Gasteiger partial charge in [-0.15, -0.1) is 0 Å². The zero-order valence-corrected chi connectivity index (χ0v) is 7.47. The van der Waals surface area contributed by atoms with Crippen molar-refractivity contribution in [1.29, 1.82) is 0 Å². The number of H-pyrrole nitrogens is 1. The normalized spacial score (nSPS) is 11.1. The van der Waals surface area contributed by atoms with Gasteiger partial charge in [0, 0.05) is 18.3 Å². The predicted octanol–water partition coefficient (Wildman–Crippen LogP) is 1.20. The number of carbonyl (C=O) groups is 1. The Morgan fingerprint density at radius 3 is 2.87 bits per heavy atom. The van der Waals surface area contributed by atoms with E-state index in [1.165, 1.54) is 12.4 Å². The highest BCUT2D eigenvalue weighted by molar-refractivity contribution is 5.67. The average Bonchev–Trinajstić information content (AvgIpc) is 2.62.